The normalized spacial score (nSPS) is 18.4. The van der Waals surface area contributed by atoms with Crippen LogP contribution < -0.4 is 0 Å². The Hall–Kier alpha value is -1.95. The van der Waals surface area contributed by atoms with Gasteiger partial charge in [-0.25, -0.2) is 13.2 Å². The molecule has 0 radical (unpaired) electrons. The average Bonchev–Trinajstić information content (AvgIpc) is 2.87. The summed E-state index contributed by atoms with van der Waals surface area (Å²) in [5, 5.41) is 0. The SMILES string of the molecule is CCCCCc1ccc(CCOC(F)(F)c2ccc(C3CCC(CCCCC)CC3)c(F)c2F)c(F)c1. The summed E-state index contributed by atoms with van der Waals surface area (Å²) in [6.45, 7) is 3.73. The number of aryl methyl sites for hydroxylation is 1. The monoisotopic (exact) mass is 524 g/mol. The number of ether oxygens (including phenoxy) is 1. The first kappa shape index (κ1) is 29.6. The van der Waals surface area contributed by atoms with Crippen LogP contribution in [0.15, 0.2) is 30.3 Å². The molecule has 1 aliphatic rings. The topological polar surface area (TPSA) is 9.23 Å². The highest BCUT2D eigenvalue weighted by Gasteiger charge is 2.38. The maximum absolute atomic E-state index is 14.9. The van der Waals surface area contributed by atoms with Crippen molar-refractivity contribution in [1.82, 2.24) is 0 Å². The molecule has 0 bridgehead atoms. The van der Waals surface area contributed by atoms with Crippen molar-refractivity contribution in [2.45, 2.75) is 109 Å². The Labute approximate surface area is 218 Å². The van der Waals surface area contributed by atoms with E-state index >= 15 is 0 Å². The summed E-state index contributed by atoms with van der Waals surface area (Å²) in [6.07, 6.45) is 7.85. The second kappa shape index (κ2) is 14.3. The van der Waals surface area contributed by atoms with Crippen LogP contribution in [0.25, 0.3) is 0 Å². The fourth-order valence-electron chi connectivity index (χ4n) is 5.44. The molecule has 0 aliphatic heterocycles. The second-order valence-corrected chi connectivity index (χ2v) is 10.5. The molecular formula is C31H41F5O. The molecule has 0 spiro atoms. The molecule has 1 fully saturated rings. The molecule has 0 heterocycles. The first-order valence-corrected chi connectivity index (χ1v) is 14.0. The quantitative estimate of drug-likeness (QED) is 0.176. The van der Waals surface area contributed by atoms with Crippen molar-refractivity contribution in [1.29, 1.82) is 0 Å². The van der Waals surface area contributed by atoms with Gasteiger partial charge in [0.1, 0.15) is 5.82 Å². The number of alkyl halides is 2. The Balaban J connectivity index is 1.57. The third-order valence-corrected chi connectivity index (χ3v) is 7.77. The minimum Gasteiger partial charge on any atom is -0.316 e. The van der Waals surface area contributed by atoms with Gasteiger partial charge in [-0.15, -0.1) is 0 Å². The highest BCUT2D eigenvalue weighted by molar-refractivity contribution is 5.31. The van der Waals surface area contributed by atoms with Gasteiger partial charge in [0.25, 0.3) is 0 Å². The van der Waals surface area contributed by atoms with Gasteiger partial charge in [0.15, 0.2) is 11.6 Å². The number of hydrogen-bond acceptors (Lipinski definition) is 1. The maximum Gasteiger partial charge on any atom is 0.386 e. The molecule has 0 amide bonds. The lowest BCUT2D eigenvalue weighted by molar-refractivity contribution is -0.250. The molecule has 2 aromatic carbocycles. The van der Waals surface area contributed by atoms with Gasteiger partial charge in [0, 0.05) is 0 Å². The van der Waals surface area contributed by atoms with E-state index in [2.05, 4.69) is 18.6 Å². The summed E-state index contributed by atoms with van der Waals surface area (Å²) in [5.74, 6) is -2.79. The average molecular weight is 525 g/mol. The zero-order valence-corrected chi connectivity index (χ0v) is 22.2. The third-order valence-electron chi connectivity index (χ3n) is 7.77. The first-order valence-electron chi connectivity index (χ1n) is 14.0. The van der Waals surface area contributed by atoms with Gasteiger partial charge in [-0.1, -0.05) is 70.6 Å². The van der Waals surface area contributed by atoms with E-state index < -0.39 is 35.7 Å². The predicted octanol–water partition coefficient (Wildman–Crippen LogP) is 10.00. The lowest BCUT2D eigenvalue weighted by atomic mass is 9.76. The molecule has 0 saturated heterocycles. The summed E-state index contributed by atoms with van der Waals surface area (Å²) in [6, 6.07) is 7.01. The minimum absolute atomic E-state index is 0.0969. The summed E-state index contributed by atoms with van der Waals surface area (Å²) >= 11 is 0. The molecule has 206 valence electrons. The lowest BCUT2D eigenvalue weighted by Crippen LogP contribution is -2.23. The number of rotatable bonds is 14. The molecule has 1 aliphatic carbocycles. The second-order valence-electron chi connectivity index (χ2n) is 10.5. The molecule has 0 N–H and O–H groups in total. The molecule has 1 nitrogen and oxygen atoms in total. The van der Waals surface area contributed by atoms with Crippen LogP contribution in [0.4, 0.5) is 22.0 Å². The molecule has 6 heteroatoms. The van der Waals surface area contributed by atoms with Crippen LogP contribution in [0, 0.1) is 23.4 Å². The fraction of sp³-hybridized carbons (Fsp3) is 0.613. The molecule has 2 aromatic rings. The molecule has 0 aromatic heterocycles. The largest absolute Gasteiger partial charge is 0.386 e. The van der Waals surface area contributed by atoms with E-state index in [0.717, 1.165) is 69.4 Å². The first-order chi connectivity index (χ1) is 17.8. The van der Waals surface area contributed by atoms with Crippen LogP contribution >= 0.6 is 0 Å². The van der Waals surface area contributed by atoms with E-state index in [1.165, 1.54) is 31.4 Å². The summed E-state index contributed by atoms with van der Waals surface area (Å²) in [4.78, 5) is 0. The van der Waals surface area contributed by atoms with Gasteiger partial charge in [0.2, 0.25) is 0 Å². The summed E-state index contributed by atoms with van der Waals surface area (Å²) in [7, 11) is 0. The lowest BCUT2D eigenvalue weighted by Gasteiger charge is -2.29. The van der Waals surface area contributed by atoms with Crippen LogP contribution in [-0.4, -0.2) is 6.61 Å². The number of hydrogen-bond donors (Lipinski definition) is 0. The van der Waals surface area contributed by atoms with Crippen molar-refractivity contribution < 1.29 is 26.7 Å². The van der Waals surface area contributed by atoms with Crippen molar-refractivity contribution >= 4 is 0 Å². The molecule has 3 rings (SSSR count). The van der Waals surface area contributed by atoms with Crippen molar-refractivity contribution in [3.05, 3.63) is 70.0 Å². The zero-order valence-electron chi connectivity index (χ0n) is 22.2. The minimum atomic E-state index is -4.02. The molecule has 0 atom stereocenters. The Morgan fingerprint density at radius 3 is 2.19 bits per heavy atom. The Morgan fingerprint density at radius 1 is 0.811 bits per heavy atom. The highest BCUT2D eigenvalue weighted by Crippen LogP contribution is 2.41. The molecule has 0 unspecified atom stereocenters. The van der Waals surface area contributed by atoms with Crippen molar-refractivity contribution in [2.24, 2.45) is 5.92 Å². The van der Waals surface area contributed by atoms with Crippen LogP contribution in [-0.2, 0) is 23.7 Å². The maximum atomic E-state index is 14.9. The van der Waals surface area contributed by atoms with Crippen LogP contribution in [0.2, 0.25) is 0 Å². The van der Waals surface area contributed by atoms with E-state index in [1.807, 2.05) is 0 Å². The third kappa shape index (κ3) is 8.27. The van der Waals surface area contributed by atoms with Crippen LogP contribution in [0.1, 0.15) is 113 Å². The number of unbranched alkanes of at least 4 members (excludes halogenated alkanes) is 4. The Morgan fingerprint density at radius 2 is 1.51 bits per heavy atom. The summed E-state index contributed by atoms with van der Waals surface area (Å²) in [5.41, 5.74) is 0.171. The van der Waals surface area contributed by atoms with Gasteiger partial charge in [-0.2, -0.15) is 8.78 Å². The Bertz CT molecular complexity index is 982. The Kier molecular flexibility index (Phi) is 11.4. The molecule has 1 saturated carbocycles. The van der Waals surface area contributed by atoms with Gasteiger partial charge in [0.05, 0.1) is 12.2 Å². The van der Waals surface area contributed by atoms with Crippen molar-refractivity contribution in [2.75, 3.05) is 6.61 Å². The van der Waals surface area contributed by atoms with Gasteiger partial charge in [-0.3, -0.25) is 0 Å². The van der Waals surface area contributed by atoms with Crippen LogP contribution in [0.5, 0.6) is 0 Å². The molecule has 37 heavy (non-hydrogen) atoms. The molecular weight excluding hydrogens is 483 g/mol. The van der Waals surface area contributed by atoms with E-state index in [-0.39, 0.29) is 23.5 Å². The smallest absolute Gasteiger partial charge is 0.316 e. The van der Waals surface area contributed by atoms with Crippen molar-refractivity contribution in [3.8, 4) is 0 Å². The van der Waals surface area contributed by atoms with Gasteiger partial charge >= 0.3 is 6.11 Å². The van der Waals surface area contributed by atoms with E-state index in [0.29, 0.717) is 5.92 Å². The van der Waals surface area contributed by atoms with E-state index in [9.17, 15) is 22.0 Å². The summed E-state index contributed by atoms with van der Waals surface area (Å²) < 4.78 is 78.1. The highest BCUT2D eigenvalue weighted by atomic mass is 19.3. The van der Waals surface area contributed by atoms with Crippen molar-refractivity contribution in [3.63, 3.8) is 0 Å². The zero-order chi connectivity index (χ0) is 26.8. The number of halogens is 5. The van der Waals surface area contributed by atoms with E-state index in [4.69, 9.17) is 0 Å². The fourth-order valence-corrected chi connectivity index (χ4v) is 5.44. The van der Waals surface area contributed by atoms with Gasteiger partial charge in [-0.05, 0) is 85.6 Å². The van der Waals surface area contributed by atoms with E-state index in [1.54, 1.807) is 12.1 Å². The standard InChI is InChI=1S/C31H41F5O/c1-3-5-7-9-22-11-14-24(15-12-22)26-17-18-27(30(34)29(26)33)31(35,36)37-20-19-25-16-13-23(21-28(25)32)10-8-6-4-2/h13,16-18,21-22,24H,3-12,14-15,19-20H2,1-2H3. The van der Waals surface area contributed by atoms with Crippen LogP contribution in [0.3, 0.4) is 0 Å². The predicted molar refractivity (Wildman–Crippen MR) is 138 cm³/mol. The van der Waals surface area contributed by atoms with Gasteiger partial charge < -0.3 is 4.74 Å². The number of benzene rings is 2.